The number of carbonyl (C=O) groups excluding carboxylic acids is 2. The van der Waals surface area contributed by atoms with Crippen molar-refractivity contribution in [2.24, 2.45) is 11.8 Å². The lowest BCUT2D eigenvalue weighted by Gasteiger charge is -2.35. The smallest absolute Gasteiger partial charge is 0.226 e. The second kappa shape index (κ2) is 7.55. The Morgan fingerprint density at radius 2 is 1.76 bits per heavy atom. The molecule has 25 heavy (non-hydrogen) atoms. The molecule has 1 saturated carbocycles. The quantitative estimate of drug-likeness (QED) is 0.783. The van der Waals surface area contributed by atoms with Crippen molar-refractivity contribution >= 4 is 35.0 Å². The molecule has 6 heteroatoms. The summed E-state index contributed by atoms with van der Waals surface area (Å²) in [7, 11) is 1.82. The molecule has 2 amide bonds. The molecule has 1 aliphatic heterocycles. The van der Waals surface area contributed by atoms with Crippen LogP contribution in [-0.2, 0) is 9.59 Å². The van der Waals surface area contributed by atoms with Crippen LogP contribution in [0.15, 0.2) is 18.2 Å². The Morgan fingerprint density at radius 1 is 1.12 bits per heavy atom. The number of hydrogen-bond donors (Lipinski definition) is 0. The lowest BCUT2D eigenvalue weighted by Crippen LogP contribution is -2.44. The molecule has 1 saturated heterocycles. The molecular weight excluding hydrogens is 359 g/mol. The largest absolute Gasteiger partial charge is 0.342 e. The molecular formula is C19H24Cl2N2O2. The number of likely N-dealkylation sites (tertiary alicyclic amines) is 1. The summed E-state index contributed by atoms with van der Waals surface area (Å²) in [5.74, 6) is 0.626. The van der Waals surface area contributed by atoms with Crippen LogP contribution in [0.4, 0.5) is 0 Å². The summed E-state index contributed by atoms with van der Waals surface area (Å²) in [6, 6.07) is 5.24. The summed E-state index contributed by atoms with van der Waals surface area (Å²) in [5.41, 5.74) is 0.892. The van der Waals surface area contributed by atoms with Crippen LogP contribution in [0.5, 0.6) is 0 Å². The monoisotopic (exact) mass is 382 g/mol. The minimum absolute atomic E-state index is 0.0261. The molecule has 1 aromatic carbocycles. The maximum Gasteiger partial charge on any atom is 0.226 e. The minimum Gasteiger partial charge on any atom is -0.342 e. The average molecular weight is 383 g/mol. The van der Waals surface area contributed by atoms with Crippen molar-refractivity contribution < 1.29 is 9.59 Å². The normalized spacial score (nSPS) is 19.6. The summed E-state index contributed by atoms with van der Waals surface area (Å²) in [4.78, 5) is 28.7. The Hall–Kier alpha value is -1.26. The summed E-state index contributed by atoms with van der Waals surface area (Å²) in [6.07, 6.45) is 3.53. The molecule has 0 bridgehead atoms. The van der Waals surface area contributed by atoms with E-state index in [1.807, 2.05) is 24.9 Å². The third-order valence-electron chi connectivity index (χ3n) is 5.42. The highest BCUT2D eigenvalue weighted by molar-refractivity contribution is 6.35. The van der Waals surface area contributed by atoms with Crippen molar-refractivity contribution in [3.05, 3.63) is 33.8 Å². The summed E-state index contributed by atoms with van der Waals surface area (Å²) < 4.78 is 0. The predicted octanol–water partition coefficient (Wildman–Crippen LogP) is 4.16. The van der Waals surface area contributed by atoms with Crippen LogP contribution in [0.3, 0.4) is 0 Å². The van der Waals surface area contributed by atoms with E-state index >= 15 is 0 Å². The van der Waals surface area contributed by atoms with Gasteiger partial charge in [-0.1, -0.05) is 29.3 Å². The maximum absolute atomic E-state index is 12.9. The second-order valence-electron chi connectivity index (χ2n) is 7.16. The maximum atomic E-state index is 12.9. The van der Waals surface area contributed by atoms with Crippen LogP contribution in [0.1, 0.15) is 44.2 Å². The first-order valence-electron chi connectivity index (χ1n) is 8.89. The molecule has 2 fully saturated rings. The van der Waals surface area contributed by atoms with E-state index in [4.69, 9.17) is 23.2 Å². The van der Waals surface area contributed by atoms with Gasteiger partial charge in [0.25, 0.3) is 0 Å². The Morgan fingerprint density at radius 3 is 2.32 bits per heavy atom. The van der Waals surface area contributed by atoms with E-state index in [9.17, 15) is 9.59 Å². The molecule has 136 valence electrons. The van der Waals surface area contributed by atoms with Gasteiger partial charge < -0.3 is 9.80 Å². The fourth-order valence-electron chi connectivity index (χ4n) is 3.46. The Bertz CT molecular complexity index is 667. The molecule has 3 rings (SSSR count). The molecule has 2 aliphatic rings. The van der Waals surface area contributed by atoms with E-state index < -0.39 is 0 Å². The second-order valence-corrected chi connectivity index (χ2v) is 8.01. The first-order valence-corrected chi connectivity index (χ1v) is 9.64. The van der Waals surface area contributed by atoms with Crippen molar-refractivity contribution in [2.75, 3.05) is 20.1 Å². The number of carbonyl (C=O) groups is 2. The zero-order valence-corrected chi connectivity index (χ0v) is 16.2. The summed E-state index contributed by atoms with van der Waals surface area (Å²) in [5, 5.41) is 1.16. The molecule has 0 N–H and O–H groups in total. The summed E-state index contributed by atoms with van der Waals surface area (Å²) in [6.45, 7) is 3.35. The predicted molar refractivity (Wildman–Crippen MR) is 99.7 cm³/mol. The third-order valence-corrected chi connectivity index (χ3v) is 5.99. The van der Waals surface area contributed by atoms with Crippen molar-refractivity contribution in [2.45, 2.75) is 38.6 Å². The van der Waals surface area contributed by atoms with Crippen LogP contribution in [0.2, 0.25) is 10.0 Å². The van der Waals surface area contributed by atoms with Crippen LogP contribution < -0.4 is 0 Å². The van der Waals surface area contributed by atoms with Crippen LogP contribution in [0.25, 0.3) is 0 Å². The first-order chi connectivity index (χ1) is 11.9. The molecule has 1 heterocycles. The van der Waals surface area contributed by atoms with E-state index in [-0.39, 0.29) is 29.7 Å². The van der Waals surface area contributed by atoms with Gasteiger partial charge in [-0.15, -0.1) is 0 Å². The highest BCUT2D eigenvalue weighted by atomic mass is 35.5. The van der Waals surface area contributed by atoms with E-state index in [1.54, 1.807) is 17.0 Å². The lowest BCUT2D eigenvalue weighted by atomic mass is 9.94. The van der Waals surface area contributed by atoms with Gasteiger partial charge in [0.1, 0.15) is 0 Å². The Balaban J connectivity index is 1.59. The molecule has 0 radical (unpaired) electrons. The number of halogens is 2. The topological polar surface area (TPSA) is 40.6 Å². The Labute approximate surface area is 159 Å². The number of piperidine rings is 1. The fraction of sp³-hybridized carbons (Fsp3) is 0.579. The zero-order chi connectivity index (χ0) is 18.1. The van der Waals surface area contributed by atoms with E-state index in [1.165, 1.54) is 0 Å². The molecule has 1 aromatic rings. The van der Waals surface area contributed by atoms with Crippen LogP contribution >= 0.6 is 23.2 Å². The van der Waals surface area contributed by atoms with Gasteiger partial charge in [0.05, 0.1) is 6.04 Å². The van der Waals surface area contributed by atoms with Gasteiger partial charge in [-0.05, 0) is 50.3 Å². The minimum atomic E-state index is -0.122. The van der Waals surface area contributed by atoms with Gasteiger partial charge in [-0.2, -0.15) is 0 Å². The van der Waals surface area contributed by atoms with Gasteiger partial charge >= 0.3 is 0 Å². The zero-order valence-electron chi connectivity index (χ0n) is 14.7. The highest BCUT2D eigenvalue weighted by Gasteiger charge is 2.36. The number of rotatable bonds is 4. The molecule has 0 unspecified atom stereocenters. The van der Waals surface area contributed by atoms with Crippen LogP contribution in [0, 0.1) is 11.8 Å². The van der Waals surface area contributed by atoms with E-state index in [2.05, 4.69) is 0 Å². The number of nitrogens with zero attached hydrogens (tertiary/aromatic N) is 2. The average Bonchev–Trinajstić information content (AvgIpc) is 3.44. The lowest BCUT2D eigenvalue weighted by molar-refractivity contribution is -0.141. The van der Waals surface area contributed by atoms with Gasteiger partial charge in [-0.3, -0.25) is 9.59 Å². The van der Waals surface area contributed by atoms with Gasteiger partial charge in [0.15, 0.2) is 0 Å². The van der Waals surface area contributed by atoms with Gasteiger partial charge in [0, 0.05) is 42.0 Å². The van der Waals surface area contributed by atoms with Crippen molar-refractivity contribution in [3.63, 3.8) is 0 Å². The molecule has 1 atom stereocenters. The third kappa shape index (κ3) is 4.12. The van der Waals surface area contributed by atoms with Gasteiger partial charge in [0.2, 0.25) is 11.8 Å². The summed E-state index contributed by atoms with van der Waals surface area (Å²) >= 11 is 12.2. The fourth-order valence-corrected chi connectivity index (χ4v) is 4.03. The molecule has 1 aliphatic carbocycles. The van der Waals surface area contributed by atoms with Crippen molar-refractivity contribution in [1.29, 1.82) is 0 Å². The number of hydrogen-bond acceptors (Lipinski definition) is 2. The molecule has 4 nitrogen and oxygen atoms in total. The molecule has 0 spiro atoms. The van der Waals surface area contributed by atoms with Crippen molar-refractivity contribution in [1.82, 2.24) is 9.80 Å². The Kier molecular flexibility index (Phi) is 5.59. The SMILES string of the molecule is C[C@H](c1ccc(Cl)cc1Cl)N(C)C(=O)C1CCN(C(=O)C2CC2)CC1. The highest BCUT2D eigenvalue weighted by Crippen LogP contribution is 2.34. The van der Waals surface area contributed by atoms with Crippen molar-refractivity contribution in [3.8, 4) is 0 Å². The number of benzene rings is 1. The molecule has 0 aromatic heterocycles. The standard InChI is InChI=1S/C19H24Cl2N2O2/c1-12(16-6-5-15(20)11-17(16)21)22(2)18(24)14-7-9-23(10-8-14)19(25)13-3-4-13/h5-6,11-14H,3-4,7-10H2,1-2H3/t12-/m1/s1. The van der Waals surface area contributed by atoms with Crippen LogP contribution in [-0.4, -0.2) is 41.8 Å². The van der Waals surface area contributed by atoms with E-state index in [0.717, 1.165) is 31.2 Å². The first kappa shape index (κ1) is 18.5. The van der Waals surface area contributed by atoms with Gasteiger partial charge in [-0.25, -0.2) is 0 Å². The van der Waals surface area contributed by atoms with E-state index in [0.29, 0.717) is 23.1 Å². The number of amides is 2.